The van der Waals surface area contributed by atoms with Crippen molar-refractivity contribution in [3.05, 3.63) is 28.3 Å². The second kappa shape index (κ2) is 5.79. The molecule has 0 aromatic heterocycles. The molecular formula is C13H19ClF3N2O+. The summed E-state index contributed by atoms with van der Waals surface area (Å²) < 4.78 is 38.5. The topological polar surface area (TPSA) is 62.9 Å². The Balaban J connectivity index is 3.05. The van der Waals surface area contributed by atoms with Gasteiger partial charge in [0.2, 0.25) is 0 Å². The molecule has 20 heavy (non-hydrogen) atoms. The lowest BCUT2D eigenvalue weighted by Gasteiger charge is -2.21. The van der Waals surface area contributed by atoms with E-state index in [-0.39, 0.29) is 22.7 Å². The molecule has 0 unspecified atom stereocenters. The number of hydrogen-bond acceptors (Lipinski definition) is 2. The van der Waals surface area contributed by atoms with Gasteiger partial charge in [0.05, 0.1) is 21.8 Å². The van der Waals surface area contributed by atoms with Crippen molar-refractivity contribution in [3.63, 3.8) is 0 Å². The summed E-state index contributed by atoms with van der Waals surface area (Å²) in [5.41, 5.74) is 3.78. The van der Waals surface area contributed by atoms with Gasteiger partial charge >= 0.3 is 6.18 Å². The van der Waals surface area contributed by atoms with Crippen LogP contribution >= 0.6 is 11.6 Å². The van der Waals surface area contributed by atoms with Crippen molar-refractivity contribution in [3.8, 4) is 0 Å². The molecule has 3 nitrogen and oxygen atoms in total. The Morgan fingerprint density at radius 3 is 2.30 bits per heavy atom. The monoisotopic (exact) mass is 311 g/mol. The van der Waals surface area contributed by atoms with Crippen LogP contribution in [0.5, 0.6) is 0 Å². The molecule has 7 heteroatoms. The van der Waals surface area contributed by atoms with Gasteiger partial charge in [-0.2, -0.15) is 13.2 Å². The van der Waals surface area contributed by atoms with Gasteiger partial charge in [-0.05, 0) is 38.5 Å². The molecule has 1 atom stereocenters. The van der Waals surface area contributed by atoms with E-state index in [0.29, 0.717) is 0 Å². The summed E-state index contributed by atoms with van der Waals surface area (Å²) in [5, 5.41) is 11.6. The van der Waals surface area contributed by atoms with Crippen LogP contribution in [0.15, 0.2) is 12.1 Å². The molecule has 0 amide bonds. The van der Waals surface area contributed by atoms with Crippen LogP contribution in [0.3, 0.4) is 0 Å². The number of aliphatic hydroxyl groups excluding tert-OH is 1. The molecule has 0 saturated carbocycles. The highest BCUT2D eigenvalue weighted by Gasteiger charge is 2.35. The number of quaternary nitrogens is 1. The summed E-state index contributed by atoms with van der Waals surface area (Å²) in [5.74, 6) is 0. The third-order valence-corrected chi connectivity index (χ3v) is 3.11. The maximum absolute atomic E-state index is 12.8. The third kappa shape index (κ3) is 4.54. The first-order valence-electron chi connectivity index (χ1n) is 6.10. The zero-order chi connectivity index (χ0) is 15.7. The first-order valence-corrected chi connectivity index (χ1v) is 6.48. The van der Waals surface area contributed by atoms with Crippen LogP contribution in [0.2, 0.25) is 5.02 Å². The Kier molecular flexibility index (Phi) is 4.94. The summed E-state index contributed by atoms with van der Waals surface area (Å²) in [6.07, 6.45) is -5.65. The van der Waals surface area contributed by atoms with E-state index in [1.807, 2.05) is 26.1 Å². The number of nitrogens with two attached hydrogens (primary N) is 2. The second-order valence-corrected chi connectivity index (χ2v) is 6.19. The van der Waals surface area contributed by atoms with E-state index in [1.54, 1.807) is 0 Å². The predicted molar refractivity (Wildman–Crippen MR) is 72.4 cm³/mol. The highest BCUT2D eigenvalue weighted by Crippen LogP contribution is 2.38. The smallest absolute Gasteiger partial charge is 0.397 e. The fraction of sp³-hybridized carbons (Fsp3) is 0.538. The average molecular weight is 312 g/mol. The van der Waals surface area contributed by atoms with Crippen LogP contribution in [-0.4, -0.2) is 17.2 Å². The summed E-state index contributed by atoms with van der Waals surface area (Å²) in [4.78, 5) is 0. The van der Waals surface area contributed by atoms with Gasteiger partial charge < -0.3 is 16.2 Å². The standard InChI is InChI=1S/C13H18ClF3N2O/c1-12(2,3)19-6-10(20)7-4-8(13(15,16)17)11(18)9(14)5-7/h4-5,10,19-20H,6,18H2,1-3H3/p+1/t10-/m0/s1. The zero-order valence-corrected chi connectivity index (χ0v) is 12.3. The van der Waals surface area contributed by atoms with Crippen molar-refractivity contribution in [1.29, 1.82) is 0 Å². The van der Waals surface area contributed by atoms with Crippen molar-refractivity contribution in [1.82, 2.24) is 0 Å². The van der Waals surface area contributed by atoms with Crippen LogP contribution in [0, 0.1) is 0 Å². The lowest BCUT2D eigenvalue weighted by atomic mass is 10.0. The van der Waals surface area contributed by atoms with Gasteiger partial charge in [-0.15, -0.1) is 0 Å². The number of aliphatic hydroxyl groups is 1. The molecule has 0 heterocycles. The van der Waals surface area contributed by atoms with Crippen molar-refractivity contribution in [2.24, 2.45) is 0 Å². The van der Waals surface area contributed by atoms with E-state index in [1.165, 1.54) is 6.07 Å². The highest BCUT2D eigenvalue weighted by atomic mass is 35.5. The van der Waals surface area contributed by atoms with E-state index >= 15 is 0 Å². The first kappa shape index (κ1) is 17.1. The minimum Gasteiger partial charge on any atom is -0.397 e. The lowest BCUT2D eigenvalue weighted by Crippen LogP contribution is -2.95. The fourth-order valence-corrected chi connectivity index (χ4v) is 1.89. The highest BCUT2D eigenvalue weighted by molar-refractivity contribution is 6.33. The molecule has 114 valence electrons. The fourth-order valence-electron chi connectivity index (χ4n) is 1.67. The minimum absolute atomic E-state index is 0.108. The first-order chi connectivity index (χ1) is 8.92. The van der Waals surface area contributed by atoms with Crippen molar-refractivity contribution < 1.29 is 23.6 Å². The molecule has 0 radical (unpaired) electrons. The molecule has 0 bridgehead atoms. The van der Waals surface area contributed by atoms with Gasteiger partial charge in [0.15, 0.2) is 0 Å². The number of nitrogen functional groups attached to an aromatic ring is 1. The second-order valence-electron chi connectivity index (χ2n) is 5.78. The minimum atomic E-state index is -4.60. The van der Waals surface area contributed by atoms with Crippen LogP contribution in [0.25, 0.3) is 0 Å². The molecular weight excluding hydrogens is 293 g/mol. The Bertz CT molecular complexity index is 484. The van der Waals surface area contributed by atoms with Gasteiger partial charge in [-0.3, -0.25) is 0 Å². The largest absolute Gasteiger partial charge is 0.418 e. The number of alkyl halides is 3. The summed E-state index contributed by atoms with van der Waals surface area (Å²) in [6, 6.07) is 2.12. The van der Waals surface area contributed by atoms with Crippen LogP contribution in [-0.2, 0) is 6.18 Å². The SMILES string of the molecule is CC(C)(C)[NH2+]C[C@H](O)c1cc(Cl)c(N)c(C(F)(F)F)c1. The third-order valence-electron chi connectivity index (χ3n) is 2.80. The van der Waals surface area contributed by atoms with Crippen molar-refractivity contribution in [2.45, 2.75) is 38.6 Å². The maximum atomic E-state index is 12.8. The van der Waals surface area contributed by atoms with E-state index in [4.69, 9.17) is 17.3 Å². The van der Waals surface area contributed by atoms with Gasteiger partial charge in [0, 0.05) is 0 Å². The van der Waals surface area contributed by atoms with Gasteiger partial charge in [-0.1, -0.05) is 11.6 Å². The molecule has 1 aromatic carbocycles. The molecule has 1 aromatic rings. The van der Waals surface area contributed by atoms with Crippen molar-refractivity contribution in [2.75, 3.05) is 12.3 Å². The Morgan fingerprint density at radius 1 is 1.30 bits per heavy atom. The Labute approximate surface area is 120 Å². The number of hydrogen-bond donors (Lipinski definition) is 3. The Hall–Kier alpha value is -0.980. The quantitative estimate of drug-likeness (QED) is 0.750. The van der Waals surface area contributed by atoms with E-state index < -0.39 is 23.5 Å². The van der Waals surface area contributed by atoms with E-state index in [0.717, 1.165) is 6.07 Å². The number of anilines is 1. The molecule has 0 spiro atoms. The summed E-state index contributed by atoms with van der Waals surface area (Å²) in [6.45, 7) is 6.06. The molecule has 0 aliphatic heterocycles. The Morgan fingerprint density at radius 2 is 1.85 bits per heavy atom. The van der Waals surface area contributed by atoms with Crippen LogP contribution in [0.4, 0.5) is 18.9 Å². The predicted octanol–water partition coefficient (Wildman–Crippen LogP) is 2.34. The van der Waals surface area contributed by atoms with E-state index in [9.17, 15) is 18.3 Å². The molecule has 0 aliphatic carbocycles. The van der Waals surface area contributed by atoms with E-state index in [2.05, 4.69) is 0 Å². The van der Waals surface area contributed by atoms with Gasteiger partial charge in [0.25, 0.3) is 0 Å². The van der Waals surface area contributed by atoms with Gasteiger partial charge in [0.1, 0.15) is 12.6 Å². The number of halogens is 4. The van der Waals surface area contributed by atoms with Crippen molar-refractivity contribution >= 4 is 17.3 Å². The summed E-state index contributed by atoms with van der Waals surface area (Å²) >= 11 is 5.71. The maximum Gasteiger partial charge on any atom is 0.418 e. The molecule has 1 rings (SSSR count). The molecule has 0 saturated heterocycles. The average Bonchev–Trinajstić information content (AvgIpc) is 2.26. The lowest BCUT2D eigenvalue weighted by molar-refractivity contribution is -0.722. The van der Waals surface area contributed by atoms with Crippen LogP contribution < -0.4 is 11.1 Å². The van der Waals surface area contributed by atoms with Crippen LogP contribution in [0.1, 0.15) is 38.0 Å². The number of rotatable bonds is 3. The summed E-state index contributed by atoms with van der Waals surface area (Å²) in [7, 11) is 0. The van der Waals surface area contributed by atoms with Gasteiger partial charge in [-0.25, -0.2) is 0 Å². The number of benzene rings is 1. The molecule has 5 N–H and O–H groups in total. The molecule has 0 fully saturated rings. The zero-order valence-electron chi connectivity index (χ0n) is 11.6. The normalized spacial score (nSPS) is 14.4. The molecule has 0 aliphatic rings.